The van der Waals surface area contributed by atoms with Crippen molar-refractivity contribution in [2.45, 2.75) is 13.0 Å². The maximum Gasteiger partial charge on any atom is 0.195 e. The Hall–Kier alpha value is -3.27. The summed E-state index contributed by atoms with van der Waals surface area (Å²) in [5.41, 5.74) is 0.0217. The van der Waals surface area contributed by atoms with E-state index >= 15 is 0 Å². The number of hydrogen-bond acceptors (Lipinski definition) is 4. The highest BCUT2D eigenvalue weighted by Crippen LogP contribution is 2.23. The molecule has 0 amide bonds. The van der Waals surface area contributed by atoms with Gasteiger partial charge in [0, 0.05) is 12.6 Å². The van der Waals surface area contributed by atoms with E-state index in [-0.39, 0.29) is 18.6 Å². The minimum absolute atomic E-state index is 0.171. The third-order valence-corrected chi connectivity index (χ3v) is 3.23. The lowest BCUT2D eigenvalue weighted by Crippen LogP contribution is -1.99. The number of aliphatic hydroxyl groups excluding tert-OH is 1. The molecule has 0 saturated carbocycles. The predicted octanol–water partition coefficient (Wildman–Crippen LogP) is 4.49. The molecule has 2 aromatic carbocycles. The van der Waals surface area contributed by atoms with Crippen molar-refractivity contribution >= 4 is 12.0 Å². The lowest BCUT2D eigenvalue weighted by atomic mass is 10.1. The van der Waals surface area contributed by atoms with Gasteiger partial charge in [-0.25, -0.2) is 13.2 Å². The van der Waals surface area contributed by atoms with E-state index in [1.165, 1.54) is 6.21 Å². The molecule has 2 aromatic rings. The smallest absolute Gasteiger partial charge is 0.195 e. The van der Waals surface area contributed by atoms with Gasteiger partial charge >= 0.3 is 0 Å². The van der Waals surface area contributed by atoms with E-state index in [4.69, 9.17) is 10.1 Å². The van der Waals surface area contributed by atoms with E-state index in [0.717, 1.165) is 11.6 Å². The van der Waals surface area contributed by atoms with Crippen LogP contribution < -0.4 is 0 Å². The number of nitrogens with zero attached hydrogens (tertiary/aromatic N) is 2. The first kappa shape index (κ1) is 18.1. The summed E-state index contributed by atoms with van der Waals surface area (Å²) >= 11 is 0. The summed E-state index contributed by atoms with van der Waals surface area (Å²) in [6.07, 6.45) is 1.03. The molecule has 0 radical (unpaired) electrons. The lowest BCUT2D eigenvalue weighted by molar-refractivity contribution is 0.131. The number of aliphatic hydroxyl groups is 1. The molecule has 0 saturated heterocycles. The molecule has 0 heterocycles. The maximum absolute atomic E-state index is 13.7. The SMILES string of the molecule is N#C/C(C/C=N/OCc1ccccc1)=C(/O)c1ccc(F)c(F)c1F. The molecule has 4 nitrogen and oxygen atoms in total. The summed E-state index contributed by atoms with van der Waals surface area (Å²) in [6, 6.07) is 12.4. The van der Waals surface area contributed by atoms with Crippen LogP contribution in [0.1, 0.15) is 17.5 Å². The molecule has 128 valence electrons. The quantitative estimate of drug-likeness (QED) is 0.276. The number of nitriles is 1. The second kappa shape index (κ2) is 8.55. The van der Waals surface area contributed by atoms with Crippen molar-refractivity contribution in [3.63, 3.8) is 0 Å². The molecule has 0 atom stereocenters. The van der Waals surface area contributed by atoms with Gasteiger partial charge in [0.05, 0.1) is 17.2 Å². The molecular formula is C18H13F3N2O2. The van der Waals surface area contributed by atoms with E-state index in [1.807, 2.05) is 30.3 Å². The average molecular weight is 346 g/mol. The topological polar surface area (TPSA) is 65.6 Å². The summed E-state index contributed by atoms with van der Waals surface area (Å²) in [4.78, 5) is 5.03. The Morgan fingerprint density at radius 2 is 1.84 bits per heavy atom. The molecule has 25 heavy (non-hydrogen) atoms. The normalized spacial score (nSPS) is 11.9. The van der Waals surface area contributed by atoms with Crippen LogP contribution in [0.3, 0.4) is 0 Å². The molecule has 0 spiro atoms. The van der Waals surface area contributed by atoms with E-state index in [1.54, 1.807) is 6.07 Å². The van der Waals surface area contributed by atoms with Gasteiger partial charge in [0.2, 0.25) is 0 Å². The zero-order valence-electron chi connectivity index (χ0n) is 12.9. The number of rotatable bonds is 6. The third kappa shape index (κ3) is 4.61. The molecular weight excluding hydrogens is 333 g/mol. The minimum Gasteiger partial charge on any atom is -0.506 e. The van der Waals surface area contributed by atoms with Gasteiger partial charge in [0.15, 0.2) is 17.5 Å². The van der Waals surface area contributed by atoms with Crippen molar-refractivity contribution in [3.8, 4) is 6.07 Å². The lowest BCUT2D eigenvalue weighted by Gasteiger charge is -2.05. The Balaban J connectivity index is 2.06. The third-order valence-electron chi connectivity index (χ3n) is 3.23. The van der Waals surface area contributed by atoms with Crippen LogP contribution in [-0.4, -0.2) is 11.3 Å². The van der Waals surface area contributed by atoms with Crippen LogP contribution in [0.15, 0.2) is 53.2 Å². The summed E-state index contributed by atoms with van der Waals surface area (Å²) in [7, 11) is 0. The molecule has 0 bridgehead atoms. The number of benzene rings is 2. The Kier molecular flexibility index (Phi) is 6.18. The van der Waals surface area contributed by atoms with Crippen molar-refractivity contribution in [1.82, 2.24) is 0 Å². The second-order valence-electron chi connectivity index (χ2n) is 4.91. The number of hydrogen-bond donors (Lipinski definition) is 1. The number of allylic oxidation sites excluding steroid dienone is 1. The predicted molar refractivity (Wildman–Crippen MR) is 85.8 cm³/mol. The number of oxime groups is 1. The standard InChI is InChI=1S/C18H13F3N2O2/c19-15-7-6-14(16(20)17(15)21)18(24)13(10-22)8-9-23-25-11-12-4-2-1-3-5-12/h1-7,9,24H,8,11H2/b18-13+,23-9+. The maximum atomic E-state index is 13.7. The highest BCUT2D eigenvalue weighted by Gasteiger charge is 2.18. The van der Waals surface area contributed by atoms with E-state index in [9.17, 15) is 18.3 Å². The Labute approximate surface area is 142 Å². The van der Waals surface area contributed by atoms with Gasteiger partial charge in [0.1, 0.15) is 12.4 Å². The zero-order valence-corrected chi connectivity index (χ0v) is 12.9. The Morgan fingerprint density at radius 3 is 2.52 bits per heavy atom. The molecule has 1 N–H and O–H groups in total. The highest BCUT2D eigenvalue weighted by atomic mass is 19.2. The van der Waals surface area contributed by atoms with Crippen LogP contribution in [0.5, 0.6) is 0 Å². The van der Waals surface area contributed by atoms with E-state index in [0.29, 0.717) is 6.07 Å². The largest absolute Gasteiger partial charge is 0.506 e. The molecule has 0 fully saturated rings. The molecule has 0 aliphatic carbocycles. The van der Waals surface area contributed by atoms with Crippen molar-refractivity contribution < 1.29 is 23.1 Å². The van der Waals surface area contributed by atoms with Crippen LogP contribution in [-0.2, 0) is 11.4 Å². The fraction of sp³-hybridized carbons (Fsp3) is 0.111. The van der Waals surface area contributed by atoms with Gasteiger partial charge < -0.3 is 9.94 Å². The first-order valence-electron chi connectivity index (χ1n) is 7.18. The van der Waals surface area contributed by atoms with E-state index < -0.39 is 28.8 Å². The molecule has 0 aliphatic heterocycles. The Morgan fingerprint density at radius 1 is 1.12 bits per heavy atom. The first-order valence-corrected chi connectivity index (χ1v) is 7.18. The van der Waals surface area contributed by atoms with Crippen LogP contribution in [0, 0.1) is 28.8 Å². The summed E-state index contributed by atoms with van der Waals surface area (Å²) < 4.78 is 39.8. The monoisotopic (exact) mass is 346 g/mol. The summed E-state index contributed by atoms with van der Waals surface area (Å²) in [5.74, 6) is -5.46. The summed E-state index contributed by atoms with van der Waals surface area (Å²) in [6.45, 7) is 0.215. The fourth-order valence-electron chi connectivity index (χ4n) is 1.93. The summed E-state index contributed by atoms with van der Waals surface area (Å²) in [5, 5.41) is 22.6. The van der Waals surface area contributed by atoms with Crippen molar-refractivity contribution in [1.29, 1.82) is 5.26 Å². The van der Waals surface area contributed by atoms with Gasteiger partial charge in [-0.2, -0.15) is 5.26 Å². The van der Waals surface area contributed by atoms with Gasteiger partial charge in [-0.1, -0.05) is 35.5 Å². The van der Waals surface area contributed by atoms with Gasteiger partial charge in [-0.3, -0.25) is 0 Å². The second-order valence-corrected chi connectivity index (χ2v) is 4.91. The fourth-order valence-corrected chi connectivity index (χ4v) is 1.93. The zero-order chi connectivity index (χ0) is 18.2. The van der Waals surface area contributed by atoms with E-state index in [2.05, 4.69) is 5.16 Å². The molecule has 0 unspecified atom stereocenters. The van der Waals surface area contributed by atoms with Gasteiger partial charge in [0.25, 0.3) is 0 Å². The molecule has 7 heteroatoms. The van der Waals surface area contributed by atoms with Gasteiger partial charge in [-0.05, 0) is 17.7 Å². The number of halogens is 3. The molecule has 0 aliphatic rings. The first-order chi connectivity index (χ1) is 12.0. The Bertz CT molecular complexity index is 843. The van der Waals surface area contributed by atoms with Crippen molar-refractivity contribution in [2.75, 3.05) is 0 Å². The van der Waals surface area contributed by atoms with Crippen LogP contribution in [0.2, 0.25) is 0 Å². The van der Waals surface area contributed by atoms with Crippen LogP contribution in [0.25, 0.3) is 5.76 Å². The highest BCUT2D eigenvalue weighted by molar-refractivity contribution is 5.73. The van der Waals surface area contributed by atoms with Crippen LogP contribution >= 0.6 is 0 Å². The van der Waals surface area contributed by atoms with Crippen molar-refractivity contribution in [3.05, 3.63) is 76.6 Å². The molecule has 0 aromatic heterocycles. The minimum atomic E-state index is -1.72. The molecule has 2 rings (SSSR count). The van der Waals surface area contributed by atoms with Crippen LogP contribution in [0.4, 0.5) is 13.2 Å². The average Bonchev–Trinajstić information content (AvgIpc) is 2.63. The van der Waals surface area contributed by atoms with Gasteiger partial charge in [-0.15, -0.1) is 0 Å². The van der Waals surface area contributed by atoms with Crippen molar-refractivity contribution in [2.24, 2.45) is 5.16 Å².